The highest BCUT2D eigenvalue weighted by atomic mass is 32.2. The summed E-state index contributed by atoms with van der Waals surface area (Å²) in [6.07, 6.45) is 9.32. The van der Waals surface area contributed by atoms with Gasteiger partial charge in [-0.3, -0.25) is 5.10 Å². The third kappa shape index (κ3) is 3.66. The van der Waals surface area contributed by atoms with E-state index in [-0.39, 0.29) is 5.97 Å². The van der Waals surface area contributed by atoms with Crippen molar-refractivity contribution in [2.24, 2.45) is 5.92 Å². The van der Waals surface area contributed by atoms with Crippen LogP contribution in [0.25, 0.3) is 11.3 Å². The molecule has 0 radical (unpaired) electrons. The van der Waals surface area contributed by atoms with Crippen molar-refractivity contribution < 1.29 is 9.53 Å². The number of carbonyl (C=O) groups excluding carboxylic acids is 1. The molecule has 0 saturated heterocycles. The number of thioether (sulfide) groups is 1. The predicted octanol–water partition coefficient (Wildman–Crippen LogP) is 4.71. The second kappa shape index (κ2) is 7.88. The lowest BCUT2D eigenvalue weighted by Crippen LogP contribution is -2.13. The SMILES string of the molecule is COC(=O)c1n[nH]c(-c2ccc(SC)cc2)c1CC1CCCCC1. The van der Waals surface area contributed by atoms with Crippen LogP contribution in [0.3, 0.4) is 0 Å². The van der Waals surface area contributed by atoms with Gasteiger partial charge in [-0.25, -0.2) is 4.79 Å². The molecule has 1 fully saturated rings. The quantitative estimate of drug-likeness (QED) is 0.630. The van der Waals surface area contributed by atoms with Crippen molar-refractivity contribution in [1.29, 1.82) is 0 Å². The van der Waals surface area contributed by atoms with Crippen molar-refractivity contribution >= 4 is 17.7 Å². The van der Waals surface area contributed by atoms with Crippen LogP contribution >= 0.6 is 11.8 Å². The molecular formula is C19H24N2O2S. The van der Waals surface area contributed by atoms with Crippen LogP contribution in [0.5, 0.6) is 0 Å². The average molecular weight is 344 g/mol. The van der Waals surface area contributed by atoms with E-state index in [1.54, 1.807) is 11.8 Å². The van der Waals surface area contributed by atoms with Gasteiger partial charge in [0.2, 0.25) is 0 Å². The minimum absolute atomic E-state index is 0.357. The monoisotopic (exact) mass is 344 g/mol. The number of nitrogens with zero attached hydrogens (tertiary/aromatic N) is 1. The Labute approximate surface area is 147 Å². The van der Waals surface area contributed by atoms with Crippen molar-refractivity contribution in [2.75, 3.05) is 13.4 Å². The van der Waals surface area contributed by atoms with Gasteiger partial charge in [0.05, 0.1) is 12.8 Å². The Balaban J connectivity index is 1.94. The van der Waals surface area contributed by atoms with Crippen LogP contribution in [0.15, 0.2) is 29.2 Å². The van der Waals surface area contributed by atoms with E-state index < -0.39 is 0 Å². The molecule has 1 aromatic heterocycles. The summed E-state index contributed by atoms with van der Waals surface area (Å²) < 4.78 is 4.93. The minimum atomic E-state index is -0.357. The third-order valence-electron chi connectivity index (χ3n) is 4.84. The van der Waals surface area contributed by atoms with E-state index in [0.717, 1.165) is 23.2 Å². The van der Waals surface area contributed by atoms with Crippen LogP contribution in [-0.4, -0.2) is 29.5 Å². The summed E-state index contributed by atoms with van der Waals surface area (Å²) in [4.78, 5) is 13.3. The van der Waals surface area contributed by atoms with Crippen LogP contribution in [0.1, 0.15) is 48.2 Å². The molecule has 1 aliphatic rings. The number of hydrogen-bond donors (Lipinski definition) is 1. The first-order valence-corrected chi connectivity index (χ1v) is 9.75. The number of esters is 1. The number of methoxy groups -OCH3 is 1. The van der Waals surface area contributed by atoms with Crippen LogP contribution in [0.4, 0.5) is 0 Å². The minimum Gasteiger partial charge on any atom is -0.464 e. The number of aromatic nitrogens is 2. The molecule has 2 aromatic rings. The summed E-state index contributed by atoms with van der Waals surface area (Å²) in [7, 11) is 1.41. The van der Waals surface area contributed by atoms with Crippen molar-refractivity contribution in [3.8, 4) is 11.3 Å². The lowest BCUT2D eigenvalue weighted by Gasteiger charge is -2.21. The summed E-state index contributed by atoms with van der Waals surface area (Å²) >= 11 is 1.72. The molecule has 1 aromatic carbocycles. The standard InChI is InChI=1S/C19H24N2O2S/c1-23-19(22)18-16(12-13-6-4-3-5-7-13)17(20-21-18)14-8-10-15(24-2)11-9-14/h8-11,13H,3-7,12H2,1-2H3,(H,20,21). The van der Waals surface area contributed by atoms with Gasteiger partial charge in [-0.15, -0.1) is 11.8 Å². The molecule has 4 nitrogen and oxygen atoms in total. The van der Waals surface area contributed by atoms with E-state index >= 15 is 0 Å². The van der Waals surface area contributed by atoms with Crippen molar-refractivity contribution in [3.63, 3.8) is 0 Å². The molecule has 0 amide bonds. The van der Waals surface area contributed by atoms with E-state index in [4.69, 9.17) is 4.74 Å². The molecule has 1 heterocycles. The Morgan fingerprint density at radius 2 is 1.96 bits per heavy atom. The summed E-state index contributed by atoms with van der Waals surface area (Å²) in [5.74, 6) is 0.271. The Bertz CT molecular complexity index is 688. The fraction of sp³-hybridized carbons (Fsp3) is 0.474. The Hall–Kier alpha value is -1.75. The zero-order chi connectivity index (χ0) is 16.9. The number of aromatic amines is 1. The predicted molar refractivity (Wildman–Crippen MR) is 97.4 cm³/mol. The van der Waals surface area contributed by atoms with Gasteiger partial charge in [0, 0.05) is 10.5 Å². The highest BCUT2D eigenvalue weighted by Gasteiger charge is 2.24. The molecule has 24 heavy (non-hydrogen) atoms. The maximum Gasteiger partial charge on any atom is 0.358 e. The van der Waals surface area contributed by atoms with Crippen LogP contribution in [0, 0.1) is 5.92 Å². The fourth-order valence-electron chi connectivity index (χ4n) is 3.51. The summed E-state index contributed by atoms with van der Waals surface area (Å²) in [5.41, 5.74) is 3.47. The number of benzene rings is 1. The van der Waals surface area contributed by atoms with E-state index in [1.165, 1.54) is 44.1 Å². The first-order valence-electron chi connectivity index (χ1n) is 8.53. The van der Waals surface area contributed by atoms with Crippen LogP contribution in [-0.2, 0) is 11.2 Å². The van der Waals surface area contributed by atoms with Crippen molar-refractivity contribution in [3.05, 3.63) is 35.5 Å². The van der Waals surface area contributed by atoms with E-state index in [0.29, 0.717) is 11.6 Å². The molecule has 0 bridgehead atoms. The highest BCUT2D eigenvalue weighted by molar-refractivity contribution is 7.98. The smallest absolute Gasteiger partial charge is 0.358 e. The topological polar surface area (TPSA) is 55.0 Å². The molecular weight excluding hydrogens is 320 g/mol. The first-order chi connectivity index (χ1) is 11.7. The number of H-pyrrole nitrogens is 1. The largest absolute Gasteiger partial charge is 0.464 e. The van der Waals surface area contributed by atoms with E-state index in [9.17, 15) is 4.79 Å². The number of carbonyl (C=O) groups is 1. The van der Waals surface area contributed by atoms with Gasteiger partial charge >= 0.3 is 5.97 Å². The number of nitrogens with one attached hydrogen (secondary N) is 1. The second-order valence-corrected chi connectivity index (χ2v) is 7.23. The lowest BCUT2D eigenvalue weighted by molar-refractivity contribution is 0.0592. The summed E-state index contributed by atoms with van der Waals surface area (Å²) in [6, 6.07) is 8.38. The molecule has 3 rings (SSSR count). The Kier molecular flexibility index (Phi) is 5.61. The first kappa shape index (κ1) is 17.1. The number of hydrogen-bond acceptors (Lipinski definition) is 4. The molecule has 0 spiro atoms. The van der Waals surface area contributed by atoms with E-state index in [2.05, 4.69) is 40.7 Å². The second-order valence-electron chi connectivity index (χ2n) is 6.35. The van der Waals surface area contributed by atoms with E-state index in [1.807, 2.05) is 0 Å². The average Bonchev–Trinajstić information content (AvgIpc) is 3.05. The molecule has 0 aliphatic heterocycles. The summed E-state index contributed by atoms with van der Waals surface area (Å²) in [6.45, 7) is 0. The molecule has 1 N–H and O–H groups in total. The van der Waals surface area contributed by atoms with Gasteiger partial charge in [0.25, 0.3) is 0 Å². The number of ether oxygens (including phenoxy) is 1. The zero-order valence-electron chi connectivity index (χ0n) is 14.3. The van der Waals surface area contributed by atoms with Crippen molar-refractivity contribution in [2.45, 2.75) is 43.4 Å². The Morgan fingerprint density at radius 3 is 2.58 bits per heavy atom. The zero-order valence-corrected chi connectivity index (χ0v) is 15.1. The number of rotatable bonds is 5. The van der Waals surface area contributed by atoms with Gasteiger partial charge in [-0.1, -0.05) is 44.2 Å². The maximum absolute atomic E-state index is 12.1. The molecule has 0 unspecified atom stereocenters. The highest BCUT2D eigenvalue weighted by Crippen LogP contribution is 2.32. The van der Waals surface area contributed by atoms with Crippen molar-refractivity contribution in [1.82, 2.24) is 10.2 Å². The van der Waals surface area contributed by atoms with Crippen LogP contribution in [0.2, 0.25) is 0 Å². The maximum atomic E-state index is 12.1. The molecule has 1 saturated carbocycles. The third-order valence-corrected chi connectivity index (χ3v) is 5.59. The lowest BCUT2D eigenvalue weighted by atomic mass is 9.84. The molecule has 1 aliphatic carbocycles. The molecule has 5 heteroatoms. The molecule has 128 valence electrons. The van der Waals surface area contributed by atoms with Gasteiger partial charge < -0.3 is 4.74 Å². The van der Waals surface area contributed by atoms with Gasteiger partial charge in [-0.2, -0.15) is 5.10 Å². The van der Waals surface area contributed by atoms with Gasteiger partial charge in [0.1, 0.15) is 0 Å². The molecule has 0 atom stereocenters. The normalized spacial score (nSPS) is 15.4. The van der Waals surface area contributed by atoms with Gasteiger partial charge in [-0.05, 0) is 36.3 Å². The summed E-state index contributed by atoms with van der Waals surface area (Å²) in [5, 5.41) is 7.34. The fourth-order valence-corrected chi connectivity index (χ4v) is 3.91. The van der Waals surface area contributed by atoms with Gasteiger partial charge in [0.15, 0.2) is 5.69 Å². The Morgan fingerprint density at radius 1 is 1.25 bits per heavy atom. The van der Waals surface area contributed by atoms with Crippen LogP contribution < -0.4 is 0 Å².